The Morgan fingerprint density at radius 2 is 2.10 bits per heavy atom. The minimum absolute atomic E-state index is 0.0597. The standard InChI is InChI=1S/C14H6ClFN4O/c15-10-5-8(1-2-11(10)16)20-12(6-17)9-3-4-19-13(7-18)14(9)21/h1-5,21H/b20-12+. The maximum Gasteiger partial charge on any atom is 0.183 e. The number of hydrogen-bond acceptors (Lipinski definition) is 5. The number of hydrogen-bond donors (Lipinski definition) is 1. The quantitative estimate of drug-likeness (QED) is 0.862. The van der Waals surface area contributed by atoms with Crippen molar-refractivity contribution in [2.24, 2.45) is 4.99 Å². The number of nitriles is 2. The third-order valence-electron chi connectivity index (χ3n) is 2.54. The summed E-state index contributed by atoms with van der Waals surface area (Å²) in [6, 6.07) is 8.56. The molecule has 21 heavy (non-hydrogen) atoms. The van der Waals surface area contributed by atoms with Gasteiger partial charge in [-0.25, -0.2) is 14.4 Å². The van der Waals surface area contributed by atoms with Gasteiger partial charge in [0.2, 0.25) is 0 Å². The first-order chi connectivity index (χ1) is 10.1. The van der Waals surface area contributed by atoms with Gasteiger partial charge in [0.15, 0.2) is 17.2 Å². The van der Waals surface area contributed by atoms with Crippen LogP contribution in [0.15, 0.2) is 35.5 Å². The fraction of sp³-hybridized carbons (Fsp3) is 0. The summed E-state index contributed by atoms with van der Waals surface area (Å²) in [5, 5.41) is 27.7. The summed E-state index contributed by atoms with van der Waals surface area (Å²) < 4.78 is 13.1. The number of aliphatic imine (C=N–C) groups is 1. The number of nitrogens with zero attached hydrogens (tertiary/aromatic N) is 4. The summed E-state index contributed by atoms with van der Waals surface area (Å²) in [4.78, 5) is 7.65. The molecule has 0 amide bonds. The monoisotopic (exact) mass is 300 g/mol. The lowest BCUT2D eigenvalue weighted by Gasteiger charge is -2.03. The zero-order valence-corrected chi connectivity index (χ0v) is 11.1. The average Bonchev–Trinajstić information content (AvgIpc) is 2.49. The second-order valence-electron chi connectivity index (χ2n) is 3.84. The highest BCUT2D eigenvalue weighted by molar-refractivity contribution is 6.31. The predicted octanol–water partition coefficient (Wildman–Crippen LogP) is 3.10. The Balaban J connectivity index is 2.55. The second kappa shape index (κ2) is 6.00. The van der Waals surface area contributed by atoms with Gasteiger partial charge in [0, 0.05) is 6.20 Å². The highest BCUT2D eigenvalue weighted by Gasteiger charge is 2.13. The molecule has 0 fully saturated rings. The van der Waals surface area contributed by atoms with E-state index in [2.05, 4.69) is 9.98 Å². The lowest BCUT2D eigenvalue weighted by molar-refractivity contribution is 0.469. The highest BCUT2D eigenvalue weighted by Crippen LogP contribution is 2.25. The smallest absolute Gasteiger partial charge is 0.183 e. The fourth-order valence-electron chi connectivity index (χ4n) is 1.56. The van der Waals surface area contributed by atoms with Gasteiger partial charge in [-0.1, -0.05) is 11.6 Å². The van der Waals surface area contributed by atoms with Crippen LogP contribution in [0.2, 0.25) is 5.02 Å². The topological polar surface area (TPSA) is 93.1 Å². The largest absolute Gasteiger partial charge is 0.504 e. The molecule has 0 radical (unpaired) electrons. The van der Waals surface area contributed by atoms with Gasteiger partial charge in [-0.2, -0.15) is 10.5 Å². The molecule has 2 rings (SSSR count). The molecule has 102 valence electrons. The summed E-state index contributed by atoms with van der Waals surface area (Å²) >= 11 is 5.64. The highest BCUT2D eigenvalue weighted by atomic mass is 35.5. The molecule has 0 saturated carbocycles. The van der Waals surface area contributed by atoms with E-state index in [0.717, 1.165) is 6.07 Å². The van der Waals surface area contributed by atoms with E-state index in [1.54, 1.807) is 6.07 Å². The minimum atomic E-state index is -0.604. The van der Waals surface area contributed by atoms with Gasteiger partial charge in [0.1, 0.15) is 18.0 Å². The van der Waals surface area contributed by atoms with Crippen LogP contribution in [0.25, 0.3) is 0 Å². The molecular weight excluding hydrogens is 295 g/mol. The molecule has 0 atom stereocenters. The van der Waals surface area contributed by atoms with Crippen molar-refractivity contribution in [1.29, 1.82) is 10.5 Å². The van der Waals surface area contributed by atoms with Crippen LogP contribution in [0, 0.1) is 28.5 Å². The van der Waals surface area contributed by atoms with Crippen LogP contribution in [-0.4, -0.2) is 15.8 Å². The van der Waals surface area contributed by atoms with Crippen molar-refractivity contribution >= 4 is 23.0 Å². The van der Waals surface area contributed by atoms with Gasteiger partial charge in [-0.05, 0) is 24.3 Å². The molecule has 0 unspecified atom stereocenters. The molecule has 5 nitrogen and oxygen atoms in total. The number of rotatable bonds is 2. The molecular formula is C14H6ClFN4O. The van der Waals surface area contributed by atoms with Gasteiger partial charge < -0.3 is 5.11 Å². The first-order valence-electron chi connectivity index (χ1n) is 5.59. The van der Waals surface area contributed by atoms with Crippen molar-refractivity contribution in [2.45, 2.75) is 0 Å². The summed E-state index contributed by atoms with van der Waals surface area (Å²) in [6.07, 6.45) is 1.28. The average molecular weight is 301 g/mol. The zero-order valence-electron chi connectivity index (χ0n) is 10.4. The third-order valence-corrected chi connectivity index (χ3v) is 2.82. The van der Waals surface area contributed by atoms with Crippen LogP contribution in [-0.2, 0) is 0 Å². The molecule has 1 aromatic carbocycles. The van der Waals surface area contributed by atoms with Gasteiger partial charge in [-0.15, -0.1) is 0 Å². The van der Waals surface area contributed by atoms with Gasteiger partial charge in [-0.3, -0.25) is 0 Å². The summed E-state index contributed by atoms with van der Waals surface area (Å²) in [7, 11) is 0. The second-order valence-corrected chi connectivity index (χ2v) is 4.25. The fourth-order valence-corrected chi connectivity index (χ4v) is 1.73. The maximum absolute atomic E-state index is 13.1. The molecule has 0 aliphatic heterocycles. The molecule has 0 spiro atoms. The van der Waals surface area contributed by atoms with Gasteiger partial charge in [0.25, 0.3) is 0 Å². The Morgan fingerprint density at radius 1 is 1.33 bits per heavy atom. The number of benzene rings is 1. The van der Waals surface area contributed by atoms with Crippen molar-refractivity contribution < 1.29 is 9.50 Å². The Labute approximate surface area is 124 Å². The van der Waals surface area contributed by atoms with Crippen LogP contribution < -0.4 is 0 Å². The van der Waals surface area contributed by atoms with Crippen LogP contribution in [0.1, 0.15) is 11.3 Å². The lowest BCUT2D eigenvalue weighted by atomic mass is 10.1. The Morgan fingerprint density at radius 3 is 2.71 bits per heavy atom. The molecule has 1 N–H and O–H groups in total. The van der Waals surface area contributed by atoms with E-state index in [4.69, 9.17) is 22.1 Å². The molecule has 0 bridgehead atoms. The molecule has 0 saturated heterocycles. The van der Waals surface area contributed by atoms with Crippen molar-refractivity contribution in [1.82, 2.24) is 4.98 Å². The number of aromatic nitrogens is 1. The molecule has 2 aromatic rings. The third kappa shape index (κ3) is 2.97. The minimum Gasteiger partial charge on any atom is -0.504 e. The van der Waals surface area contributed by atoms with Gasteiger partial charge >= 0.3 is 0 Å². The van der Waals surface area contributed by atoms with Crippen molar-refractivity contribution in [2.75, 3.05) is 0 Å². The molecule has 1 heterocycles. The number of aromatic hydroxyl groups is 1. The van der Waals surface area contributed by atoms with E-state index in [-0.39, 0.29) is 27.7 Å². The summed E-state index contributed by atoms with van der Waals surface area (Å²) in [5.41, 5.74) is -0.0566. The van der Waals surface area contributed by atoms with E-state index >= 15 is 0 Å². The van der Waals surface area contributed by atoms with Crippen molar-refractivity contribution in [3.63, 3.8) is 0 Å². The lowest BCUT2D eigenvalue weighted by Crippen LogP contribution is -2.00. The maximum atomic E-state index is 13.1. The zero-order chi connectivity index (χ0) is 15.4. The first-order valence-corrected chi connectivity index (χ1v) is 5.97. The molecule has 0 aliphatic carbocycles. The van der Waals surface area contributed by atoms with Crippen LogP contribution >= 0.6 is 11.6 Å². The van der Waals surface area contributed by atoms with Crippen molar-refractivity contribution in [3.8, 4) is 17.9 Å². The van der Waals surface area contributed by atoms with Crippen LogP contribution in [0.4, 0.5) is 10.1 Å². The summed E-state index contributed by atoms with van der Waals surface area (Å²) in [5.74, 6) is -1.04. The number of pyridine rings is 1. The SMILES string of the molecule is N#C/C(=N\c1ccc(F)c(Cl)c1)c1ccnc(C#N)c1O. The molecule has 7 heteroatoms. The van der Waals surface area contributed by atoms with E-state index < -0.39 is 11.6 Å². The van der Waals surface area contributed by atoms with Crippen LogP contribution in [0.3, 0.4) is 0 Å². The van der Waals surface area contributed by atoms with Crippen LogP contribution in [0.5, 0.6) is 5.75 Å². The Kier molecular flexibility index (Phi) is 4.13. The summed E-state index contributed by atoms with van der Waals surface area (Å²) in [6.45, 7) is 0. The van der Waals surface area contributed by atoms with Gasteiger partial charge in [0.05, 0.1) is 16.3 Å². The van der Waals surface area contributed by atoms with E-state index in [9.17, 15) is 9.50 Å². The molecule has 1 aromatic heterocycles. The van der Waals surface area contributed by atoms with E-state index in [1.165, 1.54) is 24.4 Å². The molecule has 0 aliphatic rings. The first kappa shape index (κ1) is 14.4. The van der Waals surface area contributed by atoms with Crippen molar-refractivity contribution in [3.05, 3.63) is 52.6 Å². The normalized spacial score (nSPS) is 10.8. The Bertz CT molecular complexity index is 821. The Hall–Kier alpha value is -2.96. The number of halogens is 2. The van der Waals surface area contributed by atoms with E-state index in [0.29, 0.717) is 0 Å². The predicted molar refractivity (Wildman–Crippen MR) is 73.8 cm³/mol. The van der Waals surface area contributed by atoms with E-state index in [1.807, 2.05) is 6.07 Å².